The van der Waals surface area contributed by atoms with Crippen LogP contribution in [0.1, 0.15) is 27.7 Å². The van der Waals surface area contributed by atoms with Crippen molar-refractivity contribution in [1.29, 1.82) is 0 Å². The lowest BCUT2D eigenvalue weighted by Crippen LogP contribution is -2.47. The molecule has 4 atom stereocenters. The van der Waals surface area contributed by atoms with E-state index in [-0.39, 0.29) is 35.8 Å². The minimum atomic E-state index is -1.76. The maximum atomic E-state index is 9.26. The van der Waals surface area contributed by atoms with Crippen LogP contribution in [0.15, 0.2) is 0 Å². The molecule has 1 heterocycles. The van der Waals surface area contributed by atoms with Crippen molar-refractivity contribution in [3.05, 3.63) is 0 Å². The van der Waals surface area contributed by atoms with E-state index < -0.39 is 8.32 Å². The Balaban J connectivity index is 2.75. The highest BCUT2D eigenvalue weighted by Gasteiger charge is 2.46. The molecule has 1 N–H and O–H groups in total. The number of ether oxygens (including phenoxy) is 1. The summed E-state index contributed by atoms with van der Waals surface area (Å²) in [6, 6.07) is 0.0799. The molecule has 0 saturated carbocycles. The van der Waals surface area contributed by atoms with Crippen LogP contribution in [0, 0.1) is 5.92 Å². The van der Waals surface area contributed by atoms with Gasteiger partial charge in [0.25, 0.3) is 0 Å². The zero-order chi connectivity index (χ0) is 13.4. The van der Waals surface area contributed by atoms with Gasteiger partial charge in [-0.2, -0.15) is 0 Å². The van der Waals surface area contributed by atoms with Crippen molar-refractivity contribution in [1.82, 2.24) is 0 Å². The topological polar surface area (TPSA) is 38.7 Å². The van der Waals surface area contributed by atoms with E-state index in [1.165, 1.54) is 0 Å². The summed E-state index contributed by atoms with van der Waals surface area (Å²) in [5.41, 5.74) is 0. The van der Waals surface area contributed by atoms with Crippen LogP contribution in [-0.2, 0) is 9.16 Å². The Kier molecular flexibility index (Phi) is 4.51. The number of hydrogen-bond donors (Lipinski definition) is 1. The van der Waals surface area contributed by atoms with E-state index in [4.69, 9.17) is 9.16 Å². The second-order valence-corrected chi connectivity index (χ2v) is 11.5. The van der Waals surface area contributed by atoms with Gasteiger partial charge in [0.05, 0.1) is 18.8 Å². The highest BCUT2D eigenvalue weighted by atomic mass is 28.4. The van der Waals surface area contributed by atoms with Gasteiger partial charge in [-0.1, -0.05) is 27.7 Å². The van der Waals surface area contributed by atoms with Gasteiger partial charge in [-0.25, -0.2) is 0 Å². The van der Waals surface area contributed by atoms with E-state index in [0.29, 0.717) is 0 Å². The molecule has 3 nitrogen and oxygen atoms in total. The van der Waals surface area contributed by atoms with E-state index in [0.717, 1.165) is 0 Å². The molecule has 0 unspecified atom stereocenters. The molecular formula is C12H27BO3Si. The average molecular weight is 258 g/mol. The number of rotatable bonds is 3. The third-order valence-corrected chi connectivity index (χ3v) is 8.85. The zero-order valence-corrected chi connectivity index (χ0v) is 13.3. The summed E-state index contributed by atoms with van der Waals surface area (Å²) in [7, 11) is 0.288. The third kappa shape index (κ3) is 3.13. The van der Waals surface area contributed by atoms with Crippen molar-refractivity contribution >= 4 is 16.2 Å². The van der Waals surface area contributed by atoms with E-state index in [2.05, 4.69) is 40.8 Å². The molecule has 0 bridgehead atoms. The monoisotopic (exact) mass is 258 g/mol. The maximum absolute atomic E-state index is 9.26. The second kappa shape index (κ2) is 5.04. The predicted octanol–water partition coefficient (Wildman–Crippen LogP) is 1.36. The molecule has 1 fully saturated rings. The van der Waals surface area contributed by atoms with Crippen molar-refractivity contribution in [3.8, 4) is 0 Å². The van der Waals surface area contributed by atoms with Gasteiger partial charge < -0.3 is 14.3 Å². The standard InChI is InChI=1S/C12H27BO3Si/c1-8-9(7-14)15-11(13)10(8)16-17(5,6)12(2,3)4/h8-11,14H,7,13H2,1-6H3/t8-,9-,10-,11-/m1/s1. The highest BCUT2D eigenvalue weighted by Crippen LogP contribution is 2.40. The molecule has 1 rings (SSSR count). The van der Waals surface area contributed by atoms with Crippen LogP contribution in [0.5, 0.6) is 0 Å². The fourth-order valence-electron chi connectivity index (χ4n) is 2.05. The normalized spacial score (nSPS) is 35.2. The summed E-state index contributed by atoms with van der Waals surface area (Å²) in [5, 5.41) is 9.47. The first kappa shape index (κ1) is 15.2. The van der Waals surface area contributed by atoms with Gasteiger partial charge in [0.2, 0.25) is 0 Å². The molecule has 0 aromatic rings. The molecule has 0 aromatic heterocycles. The van der Waals surface area contributed by atoms with E-state index in [1.807, 2.05) is 7.85 Å². The molecule has 0 aliphatic carbocycles. The molecule has 17 heavy (non-hydrogen) atoms. The fourth-order valence-corrected chi connectivity index (χ4v) is 3.49. The second-order valence-electron chi connectivity index (χ2n) is 6.76. The minimum absolute atomic E-state index is 0.0697. The molecule has 1 aliphatic rings. The smallest absolute Gasteiger partial charge is 0.192 e. The molecule has 0 aromatic carbocycles. The van der Waals surface area contributed by atoms with Crippen molar-refractivity contribution in [2.45, 2.75) is 64.0 Å². The largest absolute Gasteiger partial charge is 0.412 e. The van der Waals surface area contributed by atoms with Crippen LogP contribution in [0.25, 0.3) is 0 Å². The number of aliphatic hydroxyl groups is 1. The van der Waals surface area contributed by atoms with Crippen LogP contribution >= 0.6 is 0 Å². The molecule has 0 radical (unpaired) electrons. The maximum Gasteiger partial charge on any atom is 0.192 e. The Hall–Kier alpha value is 0.162. The van der Waals surface area contributed by atoms with Gasteiger partial charge in [0, 0.05) is 11.9 Å². The van der Waals surface area contributed by atoms with Crippen molar-refractivity contribution in [2.24, 2.45) is 5.92 Å². The van der Waals surface area contributed by atoms with Crippen LogP contribution < -0.4 is 0 Å². The zero-order valence-electron chi connectivity index (χ0n) is 12.3. The quantitative estimate of drug-likeness (QED) is 0.777. The highest BCUT2D eigenvalue weighted by molar-refractivity contribution is 6.74. The Morgan fingerprint density at radius 1 is 1.35 bits per heavy atom. The number of aliphatic hydroxyl groups excluding tert-OH is 1. The molecular weight excluding hydrogens is 231 g/mol. The van der Waals surface area contributed by atoms with Gasteiger partial charge in [0.15, 0.2) is 8.32 Å². The Morgan fingerprint density at radius 3 is 2.24 bits per heavy atom. The Morgan fingerprint density at radius 2 is 1.88 bits per heavy atom. The molecule has 0 amide bonds. The molecule has 5 heteroatoms. The van der Waals surface area contributed by atoms with Crippen molar-refractivity contribution in [3.63, 3.8) is 0 Å². The molecule has 1 saturated heterocycles. The Bertz CT molecular complexity index is 265. The first-order valence-electron chi connectivity index (χ1n) is 6.54. The van der Waals surface area contributed by atoms with Gasteiger partial charge in [-0.15, -0.1) is 0 Å². The van der Waals surface area contributed by atoms with Gasteiger partial charge in [-0.05, 0) is 18.1 Å². The molecule has 100 valence electrons. The molecule has 1 aliphatic heterocycles. The summed E-state index contributed by atoms with van der Waals surface area (Å²) >= 11 is 0. The van der Waals surface area contributed by atoms with Crippen molar-refractivity contribution in [2.75, 3.05) is 6.61 Å². The summed E-state index contributed by atoms with van der Waals surface area (Å²) < 4.78 is 12.2. The predicted molar refractivity (Wildman–Crippen MR) is 75.5 cm³/mol. The summed E-state index contributed by atoms with van der Waals surface area (Å²) in [4.78, 5) is 0. The number of hydrogen-bond acceptors (Lipinski definition) is 3. The van der Waals surface area contributed by atoms with Gasteiger partial charge in [0.1, 0.15) is 7.85 Å². The van der Waals surface area contributed by atoms with E-state index >= 15 is 0 Å². The van der Waals surface area contributed by atoms with Crippen LogP contribution in [0.2, 0.25) is 18.1 Å². The lowest BCUT2D eigenvalue weighted by molar-refractivity contribution is 0.0259. The first-order chi connectivity index (χ1) is 7.60. The van der Waals surface area contributed by atoms with E-state index in [1.54, 1.807) is 0 Å². The van der Waals surface area contributed by atoms with Crippen LogP contribution in [0.4, 0.5) is 0 Å². The van der Waals surface area contributed by atoms with Gasteiger partial charge in [-0.3, -0.25) is 0 Å². The summed E-state index contributed by atoms with van der Waals surface area (Å²) in [5.74, 6) is 0.268. The van der Waals surface area contributed by atoms with Crippen LogP contribution in [-0.4, -0.2) is 46.1 Å². The average Bonchev–Trinajstić information content (AvgIpc) is 2.43. The van der Waals surface area contributed by atoms with Crippen LogP contribution in [0.3, 0.4) is 0 Å². The SMILES string of the molecule is B[C@@H]1O[C@H](CO)[C@@H](C)[C@H]1O[Si](C)(C)C(C)(C)C. The van der Waals surface area contributed by atoms with Crippen molar-refractivity contribution < 1.29 is 14.3 Å². The van der Waals surface area contributed by atoms with E-state index in [9.17, 15) is 5.11 Å². The summed E-state index contributed by atoms with van der Waals surface area (Å²) in [6.07, 6.45) is 0.0489. The summed E-state index contributed by atoms with van der Waals surface area (Å²) in [6.45, 7) is 13.5. The third-order valence-electron chi connectivity index (χ3n) is 4.37. The minimum Gasteiger partial charge on any atom is -0.412 e. The molecule has 0 spiro atoms. The Labute approximate surface area is 107 Å². The lowest BCUT2D eigenvalue weighted by Gasteiger charge is -2.40. The lowest BCUT2D eigenvalue weighted by atomic mass is 9.89. The fraction of sp³-hybridized carbons (Fsp3) is 1.00. The first-order valence-corrected chi connectivity index (χ1v) is 9.45. The van der Waals surface area contributed by atoms with Gasteiger partial charge >= 0.3 is 0 Å².